The van der Waals surface area contributed by atoms with Crippen LogP contribution >= 0.6 is 0 Å². The van der Waals surface area contributed by atoms with Crippen LogP contribution in [0.1, 0.15) is 17.1 Å². The van der Waals surface area contributed by atoms with Gasteiger partial charge in [-0.2, -0.15) is 5.26 Å². The Morgan fingerprint density at radius 2 is 2.11 bits per heavy atom. The highest BCUT2D eigenvalue weighted by atomic mass is 19.1. The van der Waals surface area contributed by atoms with Crippen LogP contribution in [0.25, 0.3) is 0 Å². The lowest BCUT2D eigenvalue weighted by molar-refractivity contribution is 0.480. The second-order valence-electron chi connectivity index (χ2n) is 4.15. The first-order valence-electron chi connectivity index (χ1n) is 5.56. The molecule has 0 saturated heterocycles. The fourth-order valence-corrected chi connectivity index (χ4v) is 1.78. The van der Waals surface area contributed by atoms with Crippen LogP contribution in [0.3, 0.4) is 0 Å². The van der Waals surface area contributed by atoms with Gasteiger partial charge in [0.25, 0.3) is 0 Å². The molecule has 1 heterocycles. The average molecular weight is 244 g/mol. The van der Waals surface area contributed by atoms with Gasteiger partial charge < -0.3 is 9.32 Å². The van der Waals surface area contributed by atoms with E-state index in [4.69, 9.17) is 9.68 Å². The summed E-state index contributed by atoms with van der Waals surface area (Å²) in [6.07, 6.45) is 0. The maximum Gasteiger partial charge on any atom is 0.147 e. The lowest BCUT2D eigenvalue weighted by Crippen LogP contribution is -2.17. The maximum absolute atomic E-state index is 13.8. The van der Waals surface area contributed by atoms with E-state index in [9.17, 15) is 4.39 Å². The molecule has 0 fully saturated rings. The van der Waals surface area contributed by atoms with Gasteiger partial charge in [0.1, 0.15) is 17.3 Å². The SMILES string of the molecule is Cc1ccc(CN(C)c2ccc(C#N)cc2F)o1. The van der Waals surface area contributed by atoms with E-state index in [1.54, 1.807) is 24.1 Å². The van der Waals surface area contributed by atoms with Crippen molar-refractivity contribution in [3.05, 3.63) is 53.2 Å². The highest BCUT2D eigenvalue weighted by Crippen LogP contribution is 2.21. The maximum atomic E-state index is 13.8. The number of halogens is 1. The number of benzene rings is 1. The summed E-state index contributed by atoms with van der Waals surface area (Å²) in [4.78, 5) is 1.74. The smallest absolute Gasteiger partial charge is 0.147 e. The van der Waals surface area contributed by atoms with Gasteiger partial charge in [0.05, 0.1) is 23.9 Å². The van der Waals surface area contributed by atoms with Crippen LogP contribution < -0.4 is 4.90 Å². The molecule has 0 aliphatic carbocycles. The molecule has 0 bridgehead atoms. The van der Waals surface area contributed by atoms with Crippen LogP contribution in [0.2, 0.25) is 0 Å². The summed E-state index contributed by atoms with van der Waals surface area (Å²) in [5.74, 6) is 1.21. The van der Waals surface area contributed by atoms with Crippen molar-refractivity contribution in [3.63, 3.8) is 0 Å². The Kier molecular flexibility index (Phi) is 3.33. The fourth-order valence-electron chi connectivity index (χ4n) is 1.78. The van der Waals surface area contributed by atoms with E-state index >= 15 is 0 Å². The predicted octanol–water partition coefficient (Wildman–Crippen LogP) is 3.24. The van der Waals surface area contributed by atoms with Gasteiger partial charge in [-0.25, -0.2) is 4.39 Å². The highest BCUT2D eigenvalue weighted by Gasteiger charge is 2.10. The Bertz CT molecular complexity index is 598. The summed E-state index contributed by atoms with van der Waals surface area (Å²) in [7, 11) is 1.78. The zero-order chi connectivity index (χ0) is 13.1. The van der Waals surface area contributed by atoms with Gasteiger partial charge in [0.15, 0.2) is 0 Å². The largest absolute Gasteiger partial charge is 0.464 e. The van der Waals surface area contributed by atoms with E-state index in [0.29, 0.717) is 17.8 Å². The van der Waals surface area contributed by atoms with E-state index in [0.717, 1.165) is 11.5 Å². The van der Waals surface area contributed by atoms with Gasteiger partial charge in [-0.1, -0.05) is 0 Å². The van der Waals surface area contributed by atoms with Gasteiger partial charge in [-0.05, 0) is 37.3 Å². The van der Waals surface area contributed by atoms with E-state index in [2.05, 4.69) is 0 Å². The Labute approximate surface area is 105 Å². The molecule has 0 unspecified atom stereocenters. The van der Waals surface area contributed by atoms with Gasteiger partial charge >= 0.3 is 0 Å². The molecule has 92 valence electrons. The average Bonchev–Trinajstić information content (AvgIpc) is 2.74. The molecule has 0 amide bonds. The number of hydrogen-bond acceptors (Lipinski definition) is 3. The Morgan fingerprint density at radius 1 is 1.33 bits per heavy atom. The van der Waals surface area contributed by atoms with Crippen molar-refractivity contribution in [3.8, 4) is 6.07 Å². The molecule has 1 aromatic heterocycles. The van der Waals surface area contributed by atoms with E-state index < -0.39 is 5.82 Å². The normalized spacial score (nSPS) is 10.1. The summed E-state index contributed by atoms with van der Waals surface area (Å²) >= 11 is 0. The first-order chi connectivity index (χ1) is 8.60. The minimum atomic E-state index is -0.403. The van der Waals surface area contributed by atoms with Crippen molar-refractivity contribution in [2.75, 3.05) is 11.9 Å². The molecule has 0 atom stereocenters. The van der Waals surface area contributed by atoms with Crippen molar-refractivity contribution >= 4 is 5.69 Å². The summed E-state index contributed by atoms with van der Waals surface area (Å²) in [5, 5.41) is 8.68. The van der Waals surface area contributed by atoms with Crippen molar-refractivity contribution in [2.24, 2.45) is 0 Å². The molecular weight excluding hydrogens is 231 g/mol. The van der Waals surface area contributed by atoms with E-state index in [-0.39, 0.29) is 0 Å². The monoisotopic (exact) mass is 244 g/mol. The second-order valence-corrected chi connectivity index (χ2v) is 4.15. The lowest BCUT2D eigenvalue weighted by Gasteiger charge is -2.18. The molecule has 2 aromatic rings. The first-order valence-corrected chi connectivity index (χ1v) is 5.56. The van der Waals surface area contributed by atoms with Crippen molar-refractivity contribution in [1.82, 2.24) is 0 Å². The molecule has 0 N–H and O–H groups in total. The van der Waals surface area contributed by atoms with Crippen LogP contribution in [-0.2, 0) is 6.54 Å². The number of aryl methyl sites for hydroxylation is 1. The van der Waals surface area contributed by atoms with Crippen LogP contribution in [0.4, 0.5) is 10.1 Å². The molecule has 3 nitrogen and oxygen atoms in total. The molecule has 0 saturated carbocycles. The van der Waals surface area contributed by atoms with Crippen molar-refractivity contribution in [1.29, 1.82) is 5.26 Å². The molecule has 0 aliphatic heterocycles. The molecule has 0 radical (unpaired) electrons. The number of nitrogens with zero attached hydrogens (tertiary/aromatic N) is 2. The Morgan fingerprint density at radius 3 is 2.67 bits per heavy atom. The minimum Gasteiger partial charge on any atom is -0.464 e. The quantitative estimate of drug-likeness (QED) is 0.832. The van der Waals surface area contributed by atoms with Gasteiger partial charge in [0.2, 0.25) is 0 Å². The number of nitriles is 1. The number of furan rings is 1. The zero-order valence-electron chi connectivity index (χ0n) is 10.3. The van der Waals surface area contributed by atoms with Gasteiger partial charge in [-0.3, -0.25) is 0 Å². The van der Waals surface area contributed by atoms with Gasteiger partial charge in [0, 0.05) is 7.05 Å². The highest BCUT2D eigenvalue weighted by molar-refractivity contribution is 5.50. The molecule has 2 rings (SSSR count). The zero-order valence-corrected chi connectivity index (χ0v) is 10.3. The van der Waals surface area contributed by atoms with E-state index in [1.165, 1.54) is 6.07 Å². The summed E-state index contributed by atoms with van der Waals surface area (Å²) in [5.41, 5.74) is 0.765. The molecule has 18 heavy (non-hydrogen) atoms. The Balaban J connectivity index is 2.19. The molecule has 0 aliphatic rings. The van der Waals surface area contributed by atoms with Crippen LogP contribution in [0.5, 0.6) is 0 Å². The second kappa shape index (κ2) is 4.92. The van der Waals surface area contributed by atoms with Crippen LogP contribution in [0, 0.1) is 24.1 Å². The molecule has 4 heteroatoms. The third-order valence-electron chi connectivity index (χ3n) is 2.68. The van der Waals surface area contributed by atoms with Gasteiger partial charge in [-0.15, -0.1) is 0 Å². The number of hydrogen-bond donors (Lipinski definition) is 0. The summed E-state index contributed by atoms with van der Waals surface area (Å²) in [6, 6.07) is 10.1. The van der Waals surface area contributed by atoms with Crippen molar-refractivity contribution in [2.45, 2.75) is 13.5 Å². The van der Waals surface area contributed by atoms with Crippen LogP contribution in [0.15, 0.2) is 34.7 Å². The minimum absolute atomic E-state index is 0.318. The standard InChI is InChI=1S/C14H13FN2O/c1-10-3-5-12(18-10)9-17(2)14-6-4-11(8-16)7-13(14)15/h3-7H,9H2,1-2H3. The summed E-state index contributed by atoms with van der Waals surface area (Å²) in [6.45, 7) is 2.35. The third kappa shape index (κ3) is 2.51. The molecular formula is C14H13FN2O. The van der Waals surface area contributed by atoms with E-state index in [1.807, 2.05) is 25.1 Å². The third-order valence-corrected chi connectivity index (χ3v) is 2.68. The fraction of sp³-hybridized carbons (Fsp3) is 0.214. The Hall–Kier alpha value is -2.28. The predicted molar refractivity (Wildman–Crippen MR) is 66.7 cm³/mol. The van der Waals surface area contributed by atoms with Crippen LogP contribution in [-0.4, -0.2) is 7.05 Å². The first kappa shape index (κ1) is 12.2. The topological polar surface area (TPSA) is 40.2 Å². The molecule has 0 spiro atoms. The number of rotatable bonds is 3. The van der Waals surface area contributed by atoms with Crippen molar-refractivity contribution < 1.29 is 8.81 Å². The molecule has 1 aromatic carbocycles. The summed E-state index contributed by atoms with van der Waals surface area (Å²) < 4.78 is 19.2. The lowest BCUT2D eigenvalue weighted by atomic mass is 10.2. The number of anilines is 1.